The highest BCUT2D eigenvalue weighted by atomic mass is 35.5. The van der Waals surface area contributed by atoms with Crippen molar-refractivity contribution in [3.63, 3.8) is 0 Å². The molecule has 1 aliphatic rings. The summed E-state index contributed by atoms with van der Waals surface area (Å²) in [5, 5.41) is 8.86. The Bertz CT molecular complexity index is 402. The van der Waals surface area contributed by atoms with Gasteiger partial charge in [0.2, 0.25) is 0 Å². The van der Waals surface area contributed by atoms with Crippen LogP contribution in [0.5, 0.6) is 0 Å². The lowest BCUT2D eigenvalue weighted by Crippen LogP contribution is -2.31. The van der Waals surface area contributed by atoms with Gasteiger partial charge in [-0.3, -0.25) is 4.90 Å². The summed E-state index contributed by atoms with van der Waals surface area (Å²) in [5.41, 5.74) is 1.42. The van der Waals surface area contributed by atoms with E-state index >= 15 is 0 Å². The molecule has 0 spiro atoms. The molecule has 1 heterocycles. The summed E-state index contributed by atoms with van der Waals surface area (Å²) in [5.74, 6) is 0. The van der Waals surface area contributed by atoms with Gasteiger partial charge < -0.3 is 5.11 Å². The monoisotopic (exact) mass is 223 g/mol. The van der Waals surface area contributed by atoms with Gasteiger partial charge in [0.05, 0.1) is 6.54 Å². The molecule has 78 valence electrons. The molecule has 1 aliphatic heterocycles. The van der Waals surface area contributed by atoms with Gasteiger partial charge in [-0.25, -0.2) is 4.79 Å². The Morgan fingerprint density at radius 1 is 1.40 bits per heavy atom. The molecule has 4 heteroatoms. The first-order chi connectivity index (χ1) is 7.18. The summed E-state index contributed by atoms with van der Waals surface area (Å²) in [4.78, 5) is 12.0. The number of carbonyl (C=O) groups is 1. The van der Waals surface area contributed by atoms with E-state index in [0.29, 0.717) is 6.54 Å². The Balaban J connectivity index is 2.21. The van der Waals surface area contributed by atoms with Crippen LogP contribution in [0.4, 0.5) is 4.79 Å². The Kier molecular flexibility index (Phi) is 2.64. The highest BCUT2D eigenvalue weighted by Crippen LogP contribution is 2.26. The third-order valence-corrected chi connectivity index (χ3v) is 2.73. The van der Waals surface area contributed by atoms with Crippen LogP contribution < -0.4 is 0 Å². The lowest BCUT2D eigenvalue weighted by atomic mass is 10.1. The number of carboxylic acid groups (broad SMARTS) is 1. The van der Waals surface area contributed by atoms with Gasteiger partial charge >= 0.3 is 6.09 Å². The Labute approximate surface area is 92.6 Å². The number of hydrogen-bond donors (Lipinski definition) is 1. The summed E-state index contributed by atoms with van der Waals surface area (Å²) >= 11 is 5.89. The number of rotatable bonds is 1. The topological polar surface area (TPSA) is 40.5 Å². The summed E-state index contributed by atoms with van der Waals surface area (Å²) < 4.78 is 0. The van der Waals surface area contributed by atoms with E-state index in [4.69, 9.17) is 16.7 Å². The van der Waals surface area contributed by atoms with E-state index in [1.165, 1.54) is 4.90 Å². The lowest BCUT2D eigenvalue weighted by molar-refractivity contribution is 0.154. The number of hydrogen-bond acceptors (Lipinski definition) is 1. The molecule has 1 N–H and O–H groups in total. The van der Waals surface area contributed by atoms with Crippen LogP contribution in [-0.4, -0.2) is 28.1 Å². The zero-order valence-electron chi connectivity index (χ0n) is 7.93. The molecule has 1 aromatic carbocycles. The van der Waals surface area contributed by atoms with Crippen LogP contribution in [-0.2, 0) is 0 Å². The lowest BCUT2D eigenvalue weighted by Gasteiger charge is -2.15. The molecular formula is C11H10ClNO2. The van der Waals surface area contributed by atoms with Gasteiger partial charge in [0.15, 0.2) is 0 Å². The van der Waals surface area contributed by atoms with Gasteiger partial charge in [-0.2, -0.15) is 0 Å². The molecule has 0 aromatic heterocycles. The molecule has 1 aromatic rings. The largest absolute Gasteiger partial charge is 0.465 e. The number of alkyl halides is 1. The highest BCUT2D eigenvalue weighted by molar-refractivity contribution is 6.23. The van der Waals surface area contributed by atoms with E-state index < -0.39 is 11.6 Å². The smallest absolute Gasteiger partial charge is 0.409 e. The molecule has 3 nitrogen and oxygen atoms in total. The summed E-state index contributed by atoms with van der Waals surface area (Å²) in [6.45, 7) is 0.355. The number of amides is 1. The van der Waals surface area contributed by atoms with Crippen LogP contribution >= 0.6 is 11.6 Å². The minimum absolute atomic E-state index is 0.355. The van der Waals surface area contributed by atoms with Crippen LogP contribution in [0.3, 0.4) is 0 Å². The van der Waals surface area contributed by atoms with E-state index in [0.717, 1.165) is 11.1 Å². The average Bonchev–Trinajstić information content (AvgIpc) is 2.62. The van der Waals surface area contributed by atoms with E-state index in [2.05, 4.69) is 0 Å². The molecule has 0 aliphatic carbocycles. The van der Waals surface area contributed by atoms with Crippen molar-refractivity contribution >= 4 is 23.3 Å². The Morgan fingerprint density at radius 3 is 2.60 bits per heavy atom. The maximum Gasteiger partial charge on any atom is 0.409 e. The second-order valence-corrected chi connectivity index (χ2v) is 3.79. The second-order valence-electron chi connectivity index (χ2n) is 3.34. The van der Waals surface area contributed by atoms with E-state index in [1.54, 1.807) is 6.08 Å². The Hall–Kier alpha value is -1.48. The van der Waals surface area contributed by atoms with Crippen LogP contribution in [0.25, 0.3) is 5.57 Å². The molecule has 0 bridgehead atoms. The van der Waals surface area contributed by atoms with Gasteiger partial charge in [0.1, 0.15) is 5.50 Å². The minimum atomic E-state index is -0.989. The molecular weight excluding hydrogens is 214 g/mol. The zero-order chi connectivity index (χ0) is 10.8. The molecule has 1 amide bonds. The molecule has 1 unspecified atom stereocenters. The molecule has 0 radical (unpaired) electrons. The average molecular weight is 224 g/mol. The zero-order valence-corrected chi connectivity index (χ0v) is 8.69. The molecule has 15 heavy (non-hydrogen) atoms. The maximum atomic E-state index is 10.8. The van der Waals surface area contributed by atoms with Crippen molar-refractivity contribution in [2.24, 2.45) is 0 Å². The Morgan fingerprint density at radius 2 is 2.07 bits per heavy atom. The molecule has 0 saturated carbocycles. The van der Waals surface area contributed by atoms with Crippen molar-refractivity contribution in [3.05, 3.63) is 42.0 Å². The third-order valence-electron chi connectivity index (χ3n) is 2.37. The summed E-state index contributed by atoms with van der Waals surface area (Å²) in [6, 6.07) is 9.65. The SMILES string of the molecule is O=C(O)N1CC(c2ccccc2)=CC1Cl. The minimum Gasteiger partial charge on any atom is -0.465 e. The van der Waals surface area contributed by atoms with Crippen LogP contribution in [0.1, 0.15) is 5.56 Å². The van der Waals surface area contributed by atoms with Crippen LogP contribution in [0, 0.1) is 0 Å². The first-order valence-corrected chi connectivity index (χ1v) is 5.02. The number of benzene rings is 1. The first-order valence-electron chi connectivity index (χ1n) is 4.58. The molecule has 1 atom stereocenters. The molecule has 2 rings (SSSR count). The summed E-state index contributed by atoms with van der Waals surface area (Å²) in [6.07, 6.45) is 0.780. The molecule has 0 saturated heterocycles. The van der Waals surface area contributed by atoms with Crippen molar-refractivity contribution in [3.8, 4) is 0 Å². The first kappa shape index (κ1) is 10.1. The van der Waals surface area contributed by atoms with Gasteiger partial charge in [-0.05, 0) is 17.2 Å². The molecule has 0 fully saturated rings. The van der Waals surface area contributed by atoms with Crippen LogP contribution in [0.2, 0.25) is 0 Å². The van der Waals surface area contributed by atoms with E-state index in [9.17, 15) is 4.79 Å². The van der Waals surface area contributed by atoms with Crippen molar-refractivity contribution in [1.82, 2.24) is 4.90 Å². The number of nitrogens with zero attached hydrogens (tertiary/aromatic N) is 1. The quantitative estimate of drug-likeness (QED) is 0.587. The van der Waals surface area contributed by atoms with Crippen molar-refractivity contribution in [1.29, 1.82) is 0 Å². The predicted octanol–water partition coefficient (Wildman–Crippen LogP) is 2.63. The predicted molar refractivity (Wildman–Crippen MR) is 58.8 cm³/mol. The van der Waals surface area contributed by atoms with Gasteiger partial charge in [0.25, 0.3) is 0 Å². The van der Waals surface area contributed by atoms with Gasteiger partial charge in [-0.15, -0.1) is 0 Å². The van der Waals surface area contributed by atoms with Gasteiger partial charge in [0, 0.05) is 0 Å². The van der Waals surface area contributed by atoms with Crippen molar-refractivity contribution < 1.29 is 9.90 Å². The van der Waals surface area contributed by atoms with Crippen molar-refractivity contribution in [2.75, 3.05) is 6.54 Å². The normalized spacial score (nSPS) is 20.2. The maximum absolute atomic E-state index is 10.8. The fraction of sp³-hybridized carbons (Fsp3) is 0.182. The van der Waals surface area contributed by atoms with E-state index in [1.807, 2.05) is 30.3 Å². The summed E-state index contributed by atoms with van der Waals surface area (Å²) in [7, 11) is 0. The highest BCUT2D eigenvalue weighted by Gasteiger charge is 2.27. The second kappa shape index (κ2) is 3.95. The van der Waals surface area contributed by atoms with Crippen LogP contribution in [0.15, 0.2) is 36.4 Å². The fourth-order valence-electron chi connectivity index (χ4n) is 1.59. The van der Waals surface area contributed by atoms with E-state index in [-0.39, 0.29) is 0 Å². The van der Waals surface area contributed by atoms with Crippen molar-refractivity contribution in [2.45, 2.75) is 5.50 Å². The number of halogens is 1. The third kappa shape index (κ3) is 1.97. The van der Waals surface area contributed by atoms with Gasteiger partial charge in [-0.1, -0.05) is 41.9 Å². The fourth-order valence-corrected chi connectivity index (χ4v) is 1.90. The standard InChI is InChI=1S/C11H10ClNO2/c12-10-6-9(7-13(10)11(14)15)8-4-2-1-3-5-8/h1-6,10H,7H2,(H,14,15).